The molecule has 4 rings (SSSR count). The first-order chi connectivity index (χ1) is 13.2. The van der Waals surface area contributed by atoms with Crippen LogP contribution in [0.1, 0.15) is 0 Å². The van der Waals surface area contributed by atoms with E-state index in [2.05, 4.69) is 10.3 Å². The minimum absolute atomic E-state index is 0.490. The summed E-state index contributed by atoms with van der Waals surface area (Å²) in [5.41, 5.74) is 2.52. The third kappa shape index (κ3) is 3.61. The van der Waals surface area contributed by atoms with E-state index in [0.717, 1.165) is 27.9 Å². The number of methoxy groups -OCH3 is 2. The van der Waals surface area contributed by atoms with E-state index in [-0.39, 0.29) is 0 Å². The molecule has 0 spiro atoms. The molecule has 0 bridgehead atoms. The third-order valence-electron chi connectivity index (χ3n) is 4.06. The molecule has 1 aliphatic rings. The summed E-state index contributed by atoms with van der Waals surface area (Å²) in [6, 6.07) is 9.31. The molecule has 1 aromatic heterocycles. The topological polar surface area (TPSA) is 61.8 Å². The normalized spacial score (nSPS) is 12.6. The molecule has 2 heterocycles. The number of ether oxygens (including phenoxy) is 4. The summed E-state index contributed by atoms with van der Waals surface area (Å²) in [5.74, 6) is 2.67. The first-order valence-electron chi connectivity index (χ1n) is 8.22. The van der Waals surface area contributed by atoms with Crippen molar-refractivity contribution in [3.05, 3.63) is 40.7 Å². The van der Waals surface area contributed by atoms with E-state index in [1.807, 2.05) is 23.6 Å². The van der Waals surface area contributed by atoms with E-state index in [0.29, 0.717) is 35.4 Å². The van der Waals surface area contributed by atoms with Crippen LogP contribution in [-0.2, 0) is 0 Å². The SMILES string of the molecule is COc1cc(OC)c(Nc2nc(-c3ccc4c(c3)OCCO4)cs2)cc1Cl. The highest BCUT2D eigenvalue weighted by molar-refractivity contribution is 7.14. The van der Waals surface area contributed by atoms with Crippen LogP contribution in [-0.4, -0.2) is 32.4 Å². The Bertz CT molecular complexity index is 976. The summed E-state index contributed by atoms with van der Waals surface area (Å²) < 4.78 is 21.8. The Morgan fingerprint density at radius 1 is 1.04 bits per heavy atom. The second-order valence-corrected chi connectivity index (χ2v) is 6.97. The molecule has 0 aliphatic carbocycles. The molecule has 3 aromatic rings. The van der Waals surface area contributed by atoms with Gasteiger partial charge in [-0.15, -0.1) is 11.3 Å². The Balaban J connectivity index is 1.59. The van der Waals surface area contributed by atoms with Crippen molar-refractivity contribution < 1.29 is 18.9 Å². The molecular formula is C19H17ClN2O4S. The van der Waals surface area contributed by atoms with Gasteiger partial charge in [-0.2, -0.15) is 0 Å². The van der Waals surface area contributed by atoms with Crippen molar-refractivity contribution in [2.75, 3.05) is 32.8 Å². The summed E-state index contributed by atoms with van der Waals surface area (Å²) in [4.78, 5) is 4.65. The van der Waals surface area contributed by atoms with Crippen LogP contribution in [0.25, 0.3) is 11.3 Å². The number of nitrogens with zero attached hydrogens (tertiary/aromatic N) is 1. The zero-order chi connectivity index (χ0) is 18.8. The lowest BCUT2D eigenvalue weighted by molar-refractivity contribution is 0.171. The molecule has 1 N–H and O–H groups in total. The van der Waals surface area contributed by atoms with Crippen LogP contribution in [0.15, 0.2) is 35.7 Å². The molecule has 0 fully saturated rings. The molecule has 1 aliphatic heterocycles. The number of benzene rings is 2. The highest BCUT2D eigenvalue weighted by Crippen LogP contribution is 2.39. The number of hydrogen-bond acceptors (Lipinski definition) is 7. The second-order valence-electron chi connectivity index (χ2n) is 5.71. The zero-order valence-corrected chi connectivity index (χ0v) is 16.3. The Hall–Kier alpha value is -2.64. The van der Waals surface area contributed by atoms with Gasteiger partial charge in [0, 0.05) is 17.0 Å². The number of nitrogens with one attached hydrogen (secondary N) is 1. The molecule has 0 unspecified atom stereocenters. The quantitative estimate of drug-likeness (QED) is 0.646. The first kappa shape index (κ1) is 17.8. The van der Waals surface area contributed by atoms with Gasteiger partial charge >= 0.3 is 0 Å². The van der Waals surface area contributed by atoms with E-state index in [1.54, 1.807) is 26.4 Å². The molecule has 140 valence electrons. The minimum Gasteiger partial charge on any atom is -0.495 e. The van der Waals surface area contributed by atoms with Crippen molar-refractivity contribution in [3.8, 4) is 34.3 Å². The van der Waals surface area contributed by atoms with Crippen molar-refractivity contribution in [2.45, 2.75) is 0 Å². The smallest absolute Gasteiger partial charge is 0.187 e. The number of aromatic nitrogens is 1. The van der Waals surface area contributed by atoms with Gasteiger partial charge in [0.1, 0.15) is 24.7 Å². The van der Waals surface area contributed by atoms with Gasteiger partial charge in [-0.05, 0) is 24.3 Å². The summed E-state index contributed by atoms with van der Waals surface area (Å²) in [6.07, 6.45) is 0. The lowest BCUT2D eigenvalue weighted by Gasteiger charge is -2.18. The van der Waals surface area contributed by atoms with Crippen molar-refractivity contribution in [3.63, 3.8) is 0 Å². The summed E-state index contributed by atoms with van der Waals surface area (Å²) in [7, 11) is 3.16. The average molecular weight is 405 g/mol. The van der Waals surface area contributed by atoms with Gasteiger partial charge in [0.25, 0.3) is 0 Å². The molecule has 2 aromatic carbocycles. The number of anilines is 2. The molecule has 0 radical (unpaired) electrons. The van der Waals surface area contributed by atoms with Crippen molar-refractivity contribution in [1.82, 2.24) is 4.98 Å². The maximum absolute atomic E-state index is 6.23. The van der Waals surface area contributed by atoms with E-state index in [9.17, 15) is 0 Å². The van der Waals surface area contributed by atoms with Crippen molar-refractivity contribution >= 4 is 33.8 Å². The van der Waals surface area contributed by atoms with Crippen LogP contribution < -0.4 is 24.3 Å². The minimum atomic E-state index is 0.490. The summed E-state index contributed by atoms with van der Waals surface area (Å²) >= 11 is 7.72. The van der Waals surface area contributed by atoms with Gasteiger partial charge in [0.15, 0.2) is 16.6 Å². The predicted octanol–water partition coefficient (Wildman–Crippen LogP) is 5.00. The standard InChI is InChI=1S/C19H17ClN2O4S/c1-23-16-9-17(24-2)13(8-12(16)20)21-19-22-14(10-27-19)11-3-4-15-18(7-11)26-6-5-25-15/h3-4,7-10H,5-6H2,1-2H3,(H,21,22). The summed E-state index contributed by atoms with van der Waals surface area (Å²) in [6.45, 7) is 1.13. The predicted molar refractivity (Wildman–Crippen MR) is 106 cm³/mol. The maximum atomic E-state index is 6.23. The van der Waals surface area contributed by atoms with Crippen LogP contribution >= 0.6 is 22.9 Å². The van der Waals surface area contributed by atoms with Gasteiger partial charge in [-0.25, -0.2) is 4.98 Å². The van der Waals surface area contributed by atoms with E-state index < -0.39 is 0 Å². The van der Waals surface area contributed by atoms with Crippen LogP contribution in [0, 0.1) is 0 Å². The highest BCUT2D eigenvalue weighted by Gasteiger charge is 2.15. The van der Waals surface area contributed by atoms with E-state index in [4.69, 9.17) is 30.5 Å². The number of thiazole rings is 1. The molecule has 0 atom stereocenters. The molecule has 0 saturated carbocycles. The summed E-state index contributed by atoms with van der Waals surface area (Å²) in [5, 5.41) is 6.44. The Kier molecular flexibility index (Phi) is 4.96. The van der Waals surface area contributed by atoms with Crippen molar-refractivity contribution in [2.24, 2.45) is 0 Å². The molecule has 27 heavy (non-hydrogen) atoms. The fourth-order valence-electron chi connectivity index (χ4n) is 2.74. The molecule has 6 nitrogen and oxygen atoms in total. The van der Waals surface area contributed by atoms with Crippen LogP contribution in [0.3, 0.4) is 0 Å². The van der Waals surface area contributed by atoms with Crippen molar-refractivity contribution in [1.29, 1.82) is 0 Å². The van der Waals surface area contributed by atoms with Gasteiger partial charge in [-0.1, -0.05) is 11.6 Å². The Morgan fingerprint density at radius 3 is 2.59 bits per heavy atom. The van der Waals surface area contributed by atoms with Gasteiger partial charge in [-0.3, -0.25) is 0 Å². The van der Waals surface area contributed by atoms with E-state index >= 15 is 0 Å². The fraction of sp³-hybridized carbons (Fsp3) is 0.211. The van der Waals surface area contributed by atoms with Crippen LogP contribution in [0.4, 0.5) is 10.8 Å². The monoisotopic (exact) mass is 404 g/mol. The van der Waals surface area contributed by atoms with Crippen LogP contribution in [0.2, 0.25) is 5.02 Å². The Labute approximate surface area is 165 Å². The number of halogens is 1. The fourth-order valence-corrected chi connectivity index (χ4v) is 3.71. The second kappa shape index (κ2) is 7.54. The molecule has 8 heteroatoms. The first-order valence-corrected chi connectivity index (χ1v) is 9.48. The number of hydrogen-bond donors (Lipinski definition) is 1. The zero-order valence-electron chi connectivity index (χ0n) is 14.7. The highest BCUT2D eigenvalue weighted by atomic mass is 35.5. The van der Waals surface area contributed by atoms with Gasteiger partial charge in [0.2, 0.25) is 0 Å². The van der Waals surface area contributed by atoms with E-state index in [1.165, 1.54) is 11.3 Å². The molecular weight excluding hydrogens is 388 g/mol. The largest absolute Gasteiger partial charge is 0.495 e. The Morgan fingerprint density at radius 2 is 1.81 bits per heavy atom. The number of fused-ring (bicyclic) bond motifs is 1. The number of rotatable bonds is 5. The lowest BCUT2D eigenvalue weighted by Crippen LogP contribution is -2.15. The maximum Gasteiger partial charge on any atom is 0.187 e. The van der Waals surface area contributed by atoms with Crippen LogP contribution in [0.5, 0.6) is 23.0 Å². The average Bonchev–Trinajstić information content (AvgIpc) is 3.16. The lowest BCUT2D eigenvalue weighted by atomic mass is 10.1. The third-order valence-corrected chi connectivity index (χ3v) is 5.11. The molecule has 0 saturated heterocycles. The van der Waals surface area contributed by atoms with Gasteiger partial charge in [0.05, 0.1) is 30.6 Å². The van der Waals surface area contributed by atoms with Gasteiger partial charge < -0.3 is 24.3 Å². The molecule has 0 amide bonds.